The SMILES string of the molecule is CC(=NNC1c2ccc(Cl)cc2CC1c1ccc(F)cc1)N(C)C. The molecule has 2 atom stereocenters. The Kier molecular flexibility index (Phi) is 4.76. The van der Waals surface area contributed by atoms with Gasteiger partial charge in [-0.25, -0.2) is 4.39 Å². The third kappa shape index (κ3) is 3.39. The number of hydrazone groups is 1. The Morgan fingerprint density at radius 1 is 1.21 bits per heavy atom. The summed E-state index contributed by atoms with van der Waals surface area (Å²) in [5, 5.41) is 5.24. The molecular formula is C19H21ClFN3. The minimum Gasteiger partial charge on any atom is -0.365 e. The highest BCUT2D eigenvalue weighted by atomic mass is 35.5. The molecule has 3 rings (SSSR count). The number of fused-ring (bicyclic) bond motifs is 1. The molecule has 3 nitrogen and oxygen atoms in total. The summed E-state index contributed by atoms with van der Waals surface area (Å²) in [5.41, 5.74) is 6.82. The van der Waals surface area contributed by atoms with Gasteiger partial charge < -0.3 is 10.3 Å². The molecule has 1 aliphatic rings. The lowest BCUT2D eigenvalue weighted by atomic mass is 9.92. The summed E-state index contributed by atoms with van der Waals surface area (Å²) >= 11 is 6.15. The number of rotatable bonds is 3. The molecule has 1 N–H and O–H groups in total. The molecule has 0 amide bonds. The van der Waals surface area contributed by atoms with Crippen molar-refractivity contribution in [3.05, 3.63) is 70.0 Å². The first-order valence-electron chi connectivity index (χ1n) is 7.96. The minimum absolute atomic E-state index is 0.0395. The topological polar surface area (TPSA) is 27.6 Å². The quantitative estimate of drug-likeness (QED) is 0.509. The fourth-order valence-electron chi connectivity index (χ4n) is 3.07. The number of nitrogens with one attached hydrogen (secondary N) is 1. The molecule has 0 spiro atoms. The molecule has 126 valence electrons. The van der Waals surface area contributed by atoms with Crippen molar-refractivity contribution in [1.82, 2.24) is 10.3 Å². The molecule has 0 saturated heterocycles. The van der Waals surface area contributed by atoms with Gasteiger partial charge in [-0.3, -0.25) is 0 Å². The lowest BCUT2D eigenvalue weighted by molar-refractivity contribution is 0.480. The van der Waals surface area contributed by atoms with Crippen LogP contribution in [0.5, 0.6) is 0 Å². The Labute approximate surface area is 147 Å². The molecule has 0 fully saturated rings. The average Bonchev–Trinajstić information content (AvgIpc) is 2.90. The summed E-state index contributed by atoms with van der Waals surface area (Å²) < 4.78 is 13.3. The van der Waals surface area contributed by atoms with E-state index in [0.29, 0.717) is 0 Å². The van der Waals surface area contributed by atoms with Crippen LogP contribution in [0.3, 0.4) is 0 Å². The van der Waals surface area contributed by atoms with E-state index < -0.39 is 0 Å². The molecule has 2 aromatic carbocycles. The van der Waals surface area contributed by atoms with Crippen LogP contribution in [0.15, 0.2) is 47.6 Å². The minimum atomic E-state index is -0.219. The van der Waals surface area contributed by atoms with E-state index in [9.17, 15) is 4.39 Å². The highest BCUT2D eigenvalue weighted by Crippen LogP contribution is 2.43. The Morgan fingerprint density at radius 3 is 2.58 bits per heavy atom. The molecule has 2 aromatic rings. The maximum atomic E-state index is 13.3. The van der Waals surface area contributed by atoms with Crippen LogP contribution in [-0.2, 0) is 6.42 Å². The van der Waals surface area contributed by atoms with Crippen molar-refractivity contribution in [3.63, 3.8) is 0 Å². The Balaban J connectivity index is 1.95. The van der Waals surface area contributed by atoms with E-state index in [1.165, 1.54) is 23.3 Å². The second-order valence-electron chi connectivity index (χ2n) is 6.37. The van der Waals surface area contributed by atoms with Gasteiger partial charge in [-0.05, 0) is 54.3 Å². The standard InChI is InChI=1S/C19H21ClFN3/c1-12(24(2)3)22-23-19-17-9-6-15(20)10-14(17)11-18(19)13-4-7-16(21)8-5-13/h4-10,18-19,23H,11H2,1-3H3. The molecule has 0 aliphatic heterocycles. The molecule has 0 heterocycles. The number of amidine groups is 1. The zero-order chi connectivity index (χ0) is 17.3. The number of halogens is 2. The number of hydrogen-bond donors (Lipinski definition) is 1. The van der Waals surface area contributed by atoms with Gasteiger partial charge in [0.05, 0.1) is 6.04 Å². The largest absolute Gasteiger partial charge is 0.365 e. The van der Waals surface area contributed by atoms with Gasteiger partial charge >= 0.3 is 0 Å². The van der Waals surface area contributed by atoms with Gasteiger partial charge in [0.25, 0.3) is 0 Å². The van der Waals surface area contributed by atoms with Crippen molar-refractivity contribution in [3.8, 4) is 0 Å². The van der Waals surface area contributed by atoms with E-state index in [2.05, 4.69) is 16.6 Å². The zero-order valence-electron chi connectivity index (χ0n) is 14.1. The van der Waals surface area contributed by atoms with Crippen LogP contribution < -0.4 is 5.43 Å². The maximum absolute atomic E-state index is 13.3. The van der Waals surface area contributed by atoms with Gasteiger partial charge in [0, 0.05) is 25.0 Å². The Morgan fingerprint density at radius 2 is 1.92 bits per heavy atom. The molecule has 24 heavy (non-hydrogen) atoms. The molecule has 0 saturated carbocycles. The van der Waals surface area contributed by atoms with Crippen molar-refractivity contribution < 1.29 is 4.39 Å². The predicted molar refractivity (Wildman–Crippen MR) is 97.0 cm³/mol. The first kappa shape index (κ1) is 16.8. The smallest absolute Gasteiger partial charge is 0.123 e. The molecule has 5 heteroatoms. The highest BCUT2D eigenvalue weighted by molar-refractivity contribution is 6.30. The van der Waals surface area contributed by atoms with Crippen LogP contribution in [0, 0.1) is 5.82 Å². The number of nitrogens with zero attached hydrogens (tertiary/aromatic N) is 2. The molecular weight excluding hydrogens is 325 g/mol. The molecule has 0 bridgehead atoms. The van der Waals surface area contributed by atoms with Gasteiger partial charge in [0.15, 0.2) is 0 Å². The van der Waals surface area contributed by atoms with Crippen LogP contribution >= 0.6 is 11.6 Å². The van der Waals surface area contributed by atoms with Gasteiger partial charge in [-0.15, -0.1) is 0 Å². The van der Waals surface area contributed by atoms with Crippen LogP contribution in [0.1, 0.15) is 35.6 Å². The summed E-state index contributed by atoms with van der Waals surface area (Å²) in [6.45, 7) is 1.96. The van der Waals surface area contributed by atoms with Crippen molar-refractivity contribution in [1.29, 1.82) is 0 Å². The fourth-order valence-corrected chi connectivity index (χ4v) is 3.26. The first-order valence-corrected chi connectivity index (χ1v) is 8.34. The van der Waals surface area contributed by atoms with E-state index in [1.54, 1.807) is 0 Å². The monoisotopic (exact) mass is 345 g/mol. The third-order valence-electron chi connectivity index (χ3n) is 4.59. The van der Waals surface area contributed by atoms with Gasteiger partial charge in [0.1, 0.15) is 11.7 Å². The first-order chi connectivity index (χ1) is 11.5. The van der Waals surface area contributed by atoms with Crippen LogP contribution in [0.2, 0.25) is 5.02 Å². The van der Waals surface area contributed by atoms with E-state index in [4.69, 9.17) is 11.6 Å². The predicted octanol–water partition coefficient (Wildman–Crippen LogP) is 4.34. The molecule has 2 unspecified atom stereocenters. The Hall–Kier alpha value is -2.07. The van der Waals surface area contributed by atoms with Gasteiger partial charge in [-0.1, -0.05) is 29.8 Å². The van der Waals surface area contributed by atoms with Crippen LogP contribution in [0.25, 0.3) is 0 Å². The summed E-state index contributed by atoms with van der Waals surface area (Å²) in [4.78, 5) is 1.96. The fraction of sp³-hybridized carbons (Fsp3) is 0.316. The van der Waals surface area contributed by atoms with Crippen molar-refractivity contribution in [2.24, 2.45) is 5.10 Å². The van der Waals surface area contributed by atoms with Crippen LogP contribution in [0.4, 0.5) is 4.39 Å². The van der Waals surface area contributed by atoms with E-state index in [1.807, 2.05) is 50.2 Å². The van der Waals surface area contributed by atoms with E-state index in [0.717, 1.165) is 22.8 Å². The molecule has 1 aliphatic carbocycles. The highest BCUT2D eigenvalue weighted by Gasteiger charge is 2.33. The number of benzene rings is 2. The second kappa shape index (κ2) is 6.81. The summed E-state index contributed by atoms with van der Waals surface area (Å²) in [6.07, 6.45) is 0.857. The number of hydrogen-bond acceptors (Lipinski definition) is 2. The third-order valence-corrected chi connectivity index (χ3v) is 4.83. The summed E-state index contributed by atoms with van der Waals surface area (Å²) in [5.74, 6) is 0.872. The summed E-state index contributed by atoms with van der Waals surface area (Å²) in [7, 11) is 3.92. The van der Waals surface area contributed by atoms with Gasteiger partial charge in [0.2, 0.25) is 0 Å². The lowest BCUT2D eigenvalue weighted by Gasteiger charge is -2.22. The average molecular weight is 346 g/mol. The van der Waals surface area contributed by atoms with Crippen molar-refractivity contribution >= 4 is 17.4 Å². The van der Waals surface area contributed by atoms with E-state index in [-0.39, 0.29) is 17.8 Å². The molecule has 0 aromatic heterocycles. The lowest BCUT2D eigenvalue weighted by Crippen LogP contribution is -2.26. The van der Waals surface area contributed by atoms with Crippen molar-refractivity contribution in [2.45, 2.75) is 25.3 Å². The van der Waals surface area contributed by atoms with Crippen molar-refractivity contribution in [2.75, 3.05) is 14.1 Å². The van der Waals surface area contributed by atoms with Gasteiger partial charge in [-0.2, -0.15) is 5.10 Å². The second-order valence-corrected chi connectivity index (χ2v) is 6.80. The van der Waals surface area contributed by atoms with E-state index >= 15 is 0 Å². The van der Waals surface area contributed by atoms with Crippen LogP contribution in [-0.4, -0.2) is 24.8 Å². The molecule has 0 radical (unpaired) electrons. The summed E-state index contributed by atoms with van der Waals surface area (Å²) in [6, 6.07) is 12.7. The Bertz CT molecular complexity index is 756. The zero-order valence-corrected chi connectivity index (χ0v) is 14.8. The maximum Gasteiger partial charge on any atom is 0.123 e. The normalized spacial score (nSPS) is 20.0.